The molecule has 25 heavy (non-hydrogen) atoms. The molecule has 0 saturated carbocycles. The van der Waals surface area contributed by atoms with Crippen LogP contribution in [-0.4, -0.2) is 21.4 Å². The lowest BCUT2D eigenvalue weighted by Crippen LogP contribution is -2.16. The van der Waals surface area contributed by atoms with Crippen LogP contribution in [0.2, 0.25) is 5.02 Å². The molecule has 128 valence electrons. The summed E-state index contributed by atoms with van der Waals surface area (Å²) in [7, 11) is 0. The minimum atomic E-state index is -0.333. The lowest BCUT2D eigenvalue weighted by atomic mass is 10.2. The Labute approximate surface area is 154 Å². The van der Waals surface area contributed by atoms with Crippen molar-refractivity contribution in [3.8, 4) is 11.4 Å². The van der Waals surface area contributed by atoms with E-state index in [0.29, 0.717) is 10.8 Å². The summed E-state index contributed by atoms with van der Waals surface area (Å²) in [6, 6.07) is 16.8. The van der Waals surface area contributed by atoms with Crippen LogP contribution in [0.25, 0.3) is 11.4 Å². The zero-order chi connectivity index (χ0) is 17.6. The lowest BCUT2D eigenvalue weighted by Gasteiger charge is -2.09. The van der Waals surface area contributed by atoms with E-state index >= 15 is 0 Å². The summed E-state index contributed by atoms with van der Waals surface area (Å²) in [5, 5.41) is 4.18. The van der Waals surface area contributed by atoms with Crippen LogP contribution in [0, 0.1) is 0 Å². The van der Waals surface area contributed by atoms with Gasteiger partial charge in [0.15, 0.2) is 6.61 Å². The second kappa shape index (κ2) is 8.18. The van der Waals surface area contributed by atoms with Crippen molar-refractivity contribution in [1.82, 2.24) is 10.1 Å². The zero-order valence-electron chi connectivity index (χ0n) is 13.4. The number of nitrogens with zero attached hydrogens (tertiary/aromatic N) is 2. The molecule has 0 aliphatic rings. The maximum atomic E-state index is 12.1. The Bertz CT molecular complexity index is 837. The molecule has 1 aromatic heterocycles. The van der Waals surface area contributed by atoms with Crippen molar-refractivity contribution >= 4 is 29.3 Å². The molecule has 0 aliphatic heterocycles. The Morgan fingerprint density at radius 2 is 1.92 bits per heavy atom. The summed E-state index contributed by atoms with van der Waals surface area (Å²) in [5.41, 5.74) is 0.777. The van der Waals surface area contributed by atoms with Crippen molar-refractivity contribution in [2.24, 2.45) is 0 Å². The third-order valence-corrected chi connectivity index (χ3v) is 4.64. The molecule has 7 heteroatoms. The first-order valence-corrected chi connectivity index (χ1v) is 8.84. The molecule has 1 heterocycles. The van der Waals surface area contributed by atoms with E-state index in [1.807, 2.05) is 30.3 Å². The first-order chi connectivity index (χ1) is 12.1. The molecule has 0 saturated heterocycles. The molecule has 1 atom stereocenters. The average Bonchev–Trinajstić information content (AvgIpc) is 3.10. The SMILES string of the molecule is C[C@H](Sc1ccccc1)C(=O)OCc1nc(-c2ccc(Cl)cc2)no1. The van der Waals surface area contributed by atoms with Gasteiger partial charge in [-0.05, 0) is 43.3 Å². The molecule has 0 fully saturated rings. The van der Waals surface area contributed by atoms with Crippen molar-refractivity contribution in [1.29, 1.82) is 0 Å². The Kier molecular flexibility index (Phi) is 5.73. The Morgan fingerprint density at radius 3 is 2.64 bits per heavy atom. The molecule has 0 bridgehead atoms. The molecule has 0 amide bonds. The lowest BCUT2D eigenvalue weighted by molar-refractivity contribution is -0.144. The number of hydrogen-bond acceptors (Lipinski definition) is 6. The number of halogens is 1. The summed E-state index contributed by atoms with van der Waals surface area (Å²) in [6.07, 6.45) is 0. The Hall–Kier alpha value is -2.31. The third kappa shape index (κ3) is 4.84. The number of rotatable bonds is 6. The van der Waals surface area contributed by atoms with Crippen LogP contribution in [0.5, 0.6) is 0 Å². The number of carbonyl (C=O) groups is 1. The fourth-order valence-electron chi connectivity index (χ4n) is 2.03. The summed E-state index contributed by atoms with van der Waals surface area (Å²) >= 11 is 7.29. The first kappa shape index (κ1) is 17.5. The van der Waals surface area contributed by atoms with E-state index in [1.165, 1.54) is 11.8 Å². The van der Waals surface area contributed by atoms with Gasteiger partial charge >= 0.3 is 5.97 Å². The van der Waals surface area contributed by atoms with Crippen molar-refractivity contribution < 1.29 is 14.1 Å². The van der Waals surface area contributed by atoms with Crippen LogP contribution in [0.4, 0.5) is 0 Å². The molecule has 0 aliphatic carbocycles. The maximum absolute atomic E-state index is 12.1. The second-order valence-electron chi connectivity index (χ2n) is 5.20. The van der Waals surface area contributed by atoms with Crippen LogP contribution in [-0.2, 0) is 16.1 Å². The van der Waals surface area contributed by atoms with Crippen molar-refractivity contribution in [2.75, 3.05) is 0 Å². The van der Waals surface area contributed by atoms with Gasteiger partial charge in [-0.2, -0.15) is 4.98 Å². The highest BCUT2D eigenvalue weighted by Gasteiger charge is 2.17. The summed E-state index contributed by atoms with van der Waals surface area (Å²) in [4.78, 5) is 17.3. The second-order valence-corrected chi connectivity index (χ2v) is 7.05. The standard InChI is InChI=1S/C18H15ClN2O3S/c1-12(25-15-5-3-2-4-6-15)18(22)23-11-16-20-17(21-24-16)13-7-9-14(19)10-8-13/h2-10,12H,11H2,1H3/t12-/m0/s1. The number of carbonyl (C=O) groups excluding carboxylic acids is 1. The van der Waals surface area contributed by atoms with Crippen molar-refractivity contribution in [2.45, 2.75) is 23.7 Å². The highest BCUT2D eigenvalue weighted by molar-refractivity contribution is 8.00. The molecule has 0 unspecified atom stereocenters. The van der Waals surface area contributed by atoms with Crippen molar-refractivity contribution in [3.63, 3.8) is 0 Å². The van der Waals surface area contributed by atoms with Gasteiger partial charge < -0.3 is 9.26 Å². The van der Waals surface area contributed by atoms with E-state index < -0.39 is 0 Å². The summed E-state index contributed by atoms with van der Waals surface area (Å²) in [5.74, 6) is 0.338. The van der Waals surface area contributed by atoms with Crippen LogP contribution < -0.4 is 0 Å². The number of hydrogen-bond donors (Lipinski definition) is 0. The largest absolute Gasteiger partial charge is 0.455 e. The third-order valence-electron chi connectivity index (χ3n) is 3.30. The molecular formula is C18H15ClN2O3S. The molecule has 0 spiro atoms. The predicted octanol–water partition coefficient (Wildman–Crippen LogP) is 4.61. The van der Waals surface area contributed by atoms with Crippen LogP contribution >= 0.6 is 23.4 Å². The fourth-order valence-corrected chi connectivity index (χ4v) is 3.04. The normalized spacial score (nSPS) is 11.9. The van der Waals surface area contributed by atoms with E-state index in [0.717, 1.165) is 10.5 Å². The number of esters is 1. The molecular weight excluding hydrogens is 360 g/mol. The number of thioether (sulfide) groups is 1. The molecule has 3 rings (SSSR count). The average molecular weight is 375 g/mol. The maximum Gasteiger partial charge on any atom is 0.319 e. The van der Waals surface area contributed by atoms with Gasteiger partial charge in [0.1, 0.15) is 5.25 Å². The van der Waals surface area contributed by atoms with Crippen LogP contribution in [0.1, 0.15) is 12.8 Å². The number of aromatic nitrogens is 2. The van der Waals surface area contributed by atoms with E-state index in [9.17, 15) is 4.79 Å². The van der Waals surface area contributed by atoms with Gasteiger partial charge in [-0.15, -0.1) is 11.8 Å². The van der Waals surface area contributed by atoms with E-state index in [4.69, 9.17) is 20.9 Å². The van der Waals surface area contributed by atoms with Gasteiger partial charge in [0, 0.05) is 15.5 Å². The molecule has 0 radical (unpaired) electrons. The molecule has 3 aromatic rings. The van der Waals surface area contributed by atoms with Crippen molar-refractivity contribution in [3.05, 3.63) is 65.5 Å². The first-order valence-electron chi connectivity index (χ1n) is 7.58. The molecule has 2 aromatic carbocycles. The predicted molar refractivity (Wildman–Crippen MR) is 96.3 cm³/mol. The van der Waals surface area contributed by atoms with Gasteiger partial charge in [0.25, 0.3) is 5.89 Å². The highest BCUT2D eigenvalue weighted by Crippen LogP contribution is 2.24. The minimum Gasteiger partial charge on any atom is -0.455 e. The minimum absolute atomic E-state index is 0.0564. The number of ether oxygens (including phenoxy) is 1. The van der Waals surface area contributed by atoms with E-state index in [1.54, 1.807) is 31.2 Å². The highest BCUT2D eigenvalue weighted by atomic mass is 35.5. The Balaban J connectivity index is 1.54. The van der Waals surface area contributed by atoms with Crippen LogP contribution in [0.15, 0.2) is 64.0 Å². The van der Waals surface area contributed by atoms with Gasteiger partial charge in [0.2, 0.25) is 5.82 Å². The van der Waals surface area contributed by atoms with E-state index in [2.05, 4.69) is 10.1 Å². The van der Waals surface area contributed by atoms with E-state index in [-0.39, 0.29) is 23.7 Å². The summed E-state index contributed by atoms with van der Waals surface area (Å²) < 4.78 is 10.4. The molecule has 5 nitrogen and oxygen atoms in total. The monoisotopic (exact) mass is 374 g/mol. The smallest absolute Gasteiger partial charge is 0.319 e. The number of benzene rings is 2. The molecule has 0 N–H and O–H groups in total. The fraction of sp³-hybridized carbons (Fsp3) is 0.167. The van der Waals surface area contributed by atoms with Crippen LogP contribution in [0.3, 0.4) is 0 Å². The quantitative estimate of drug-likeness (QED) is 0.463. The van der Waals surface area contributed by atoms with Gasteiger partial charge in [-0.3, -0.25) is 4.79 Å². The topological polar surface area (TPSA) is 65.2 Å². The summed E-state index contributed by atoms with van der Waals surface area (Å²) in [6.45, 7) is 1.74. The zero-order valence-corrected chi connectivity index (χ0v) is 15.0. The Morgan fingerprint density at radius 1 is 1.20 bits per heavy atom. The van der Waals surface area contributed by atoms with Gasteiger partial charge in [-0.25, -0.2) is 0 Å². The van der Waals surface area contributed by atoms with Gasteiger partial charge in [-0.1, -0.05) is 35.0 Å². The van der Waals surface area contributed by atoms with Gasteiger partial charge in [0.05, 0.1) is 0 Å².